The quantitative estimate of drug-likeness (QED) is 0.765. The Bertz CT molecular complexity index is 858. The number of amides is 2. The number of hydrogen-bond donors (Lipinski definition) is 1. The highest BCUT2D eigenvalue weighted by molar-refractivity contribution is 5.94. The molecule has 0 saturated carbocycles. The Kier molecular flexibility index (Phi) is 7.60. The van der Waals surface area contributed by atoms with Gasteiger partial charge in [0, 0.05) is 45.5 Å². The van der Waals surface area contributed by atoms with Crippen LogP contribution in [0, 0.1) is 13.8 Å². The molecule has 160 valence electrons. The number of aryl methyl sites for hydroxylation is 2. The third-order valence-electron chi connectivity index (χ3n) is 5.62. The molecule has 1 heterocycles. The minimum absolute atomic E-state index is 0.0265. The van der Waals surface area contributed by atoms with Crippen LogP contribution in [0.25, 0.3) is 0 Å². The van der Waals surface area contributed by atoms with E-state index in [1.807, 2.05) is 31.2 Å². The standard InChI is InChI=1S/C24H32N4O2/c1-19-8-10-22(11-9-19)25-23(29)17-26(3)24(30)18-28-14-12-27(13-15-28)16-21-7-5-4-6-20(21)2/h4-11H,12-18H2,1-3H3,(H,25,29). The summed E-state index contributed by atoms with van der Waals surface area (Å²) in [4.78, 5) is 30.9. The molecular weight excluding hydrogens is 376 g/mol. The molecule has 2 aromatic carbocycles. The van der Waals surface area contributed by atoms with Gasteiger partial charge in [0.2, 0.25) is 11.8 Å². The normalized spacial score (nSPS) is 15.0. The summed E-state index contributed by atoms with van der Waals surface area (Å²) in [6, 6.07) is 16.1. The van der Waals surface area contributed by atoms with E-state index in [0.717, 1.165) is 44.0 Å². The number of nitrogens with one attached hydrogen (secondary N) is 1. The third-order valence-corrected chi connectivity index (χ3v) is 5.62. The van der Waals surface area contributed by atoms with E-state index in [9.17, 15) is 9.59 Å². The lowest BCUT2D eigenvalue weighted by molar-refractivity contribution is -0.134. The summed E-state index contributed by atoms with van der Waals surface area (Å²) in [6.45, 7) is 9.12. The summed E-state index contributed by atoms with van der Waals surface area (Å²) in [6.07, 6.45) is 0. The Morgan fingerprint density at radius 2 is 1.57 bits per heavy atom. The van der Waals surface area contributed by atoms with Gasteiger partial charge in [0.25, 0.3) is 0 Å². The first kappa shape index (κ1) is 22.0. The Balaban J connectivity index is 1.40. The first-order chi connectivity index (χ1) is 14.4. The van der Waals surface area contributed by atoms with Crippen LogP contribution in [-0.2, 0) is 16.1 Å². The van der Waals surface area contributed by atoms with Gasteiger partial charge in [-0.05, 0) is 37.1 Å². The monoisotopic (exact) mass is 408 g/mol. The molecule has 0 atom stereocenters. The van der Waals surface area contributed by atoms with Crippen molar-refractivity contribution in [2.24, 2.45) is 0 Å². The molecule has 1 saturated heterocycles. The molecule has 0 aliphatic carbocycles. The van der Waals surface area contributed by atoms with Gasteiger partial charge in [0.15, 0.2) is 0 Å². The molecule has 0 unspecified atom stereocenters. The lowest BCUT2D eigenvalue weighted by atomic mass is 10.1. The molecule has 0 radical (unpaired) electrons. The zero-order valence-corrected chi connectivity index (χ0v) is 18.2. The minimum Gasteiger partial charge on any atom is -0.335 e. The van der Waals surface area contributed by atoms with Crippen molar-refractivity contribution >= 4 is 17.5 Å². The van der Waals surface area contributed by atoms with Gasteiger partial charge in [-0.1, -0.05) is 42.0 Å². The van der Waals surface area contributed by atoms with Crippen LogP contribution >= 0.6 is 0 Å². The van der Waals surface area contributed by atoms with Crippen LogP contribution in [0.2, 0.25) is 0 Å². The molecule has 0 bridgehead atoms. The predicted octanol–water partition coefficient (Wildman–Crippen LogP) is 2.52. The number of rotatable bonds is 7. The second kappa shape index (κ2) is 10.4. The molecule has 3 rings (SSSR count). The maximum absolute atomic E-state index is 12.6. The fourth-order valence-corrected chi connectivity index (χ4v) is 3.59. The predicted molar refractivity (Wildman–Crippen MR) is 120 cm³/mol. The maximum Gasteiger partial charge on any atom is 0.243 e. The van der Waals surface area contributed by atoms with Gasteiger partial charge in [0.1, 0.15) is 0 Å². The van der Waals surface area contributed by atoms with E-state index in [4.69, 9.17) is 0 Å². The van der Waals surface area contributed by atoms with Crippen molar-refractivity contribution in [3.8, 4) is 0 Å². The van der Waals surface area contributed by atoms with Gasteiger partial charge in [-0.2, -0.15) is 0 Å². The number of carbonyl (C=O) groups is 2. The van der Waals surface area contributed by atoms with Crippen molar-refractivity contribution in [1.29, 1.82) is 0 Å². The molecule has 1 aliphatic heterocycles. The number of carbonyl (C=O) groups excluding carboxylic acids is 2. The number of benzene rings is 2. The summed E-state index contributed by atoms with van der Waals surface area (Å²) in [7, 11) is 1.69. The smallest absolute Gasteiger partial charge is 0.243 e. The van der Waals surface area contributed by atoms with Gasteiger partial charge in [0.05, 0.1) is 13.1 Å². The third kappa shape index (κ3) is 6.40. The zero-order valence-electron chi connectivity index (χ0n) is 18.2. The number of hydrogen-bond acceptors (Lipinski definition) is 4. The fraction of sp³-hybridized carbons (Fsp3) is 0.417. The van der Waals surface area contributed by atoms with Crippen LogP contribution in [0.15, 0.2) is 48.5 Å². The van der Waals surface area contributed by atoms with Gasteiger partial charge in [-0.25, -0.2) is 0 Å². The SMILES string of the molecule is Cc1ccc(NC(=O)CN(C)C(=O)CN2CCN(Cc3ccccc3C)CC2)cc1. The molecule has 1 N–H and O–H groups in total. The molecule has 0 aromatic heterocycles. The van der Waals surface area contributed by atoms with Crippen molar-refractivity contribution in [1.82, 2.24) is 14.7 Å². The summed E-state index contributed by atoms with van der Waals surface area (Å²) < 4.78 is 0. The minimum atomic E-state index is -0.183. The Morgan fingerprint density at radius 3 is 2.23 bits per heavy atom. The maximum atomic E-state index is 12.6. The lowest BCUT2D eigenvalue weighted by Crippen LogP contribution is -2.50. The molecule has 2 amide bonds. The zero-order chi connectivity index (χ0) is 21.5. The van der Waals surface area contributed by atoms with Crippen molar-refractivity contribution in [3.63, 3.8) is 0 Å². The second-order valence-corrected chi connectivity index (χ2v) is 8.14. The Hall–Kier alpha value is -2.70. The van der Waals surface area contributed by atoms with Crippen molar-refractivity contribution in [2.45, 2.75) is 20.4 Å². The summed E-state index contributed by atoms with van der Waals surface area (Å²) in [5, 5.41) is 2.84. The summed E-state index contributed by atoms with van der Waals surface area (Å²) >= 11 is 0. The topological polar surface area (TPSA) is 55.9 Å². The molecule has 1 fully saturated rings. The molecule has 30 heavy (non-hydrogen) atoms. The molecule has 6 heteroatoms. The van der Waals surface area contributed by atoms with Crippen LogP contribution in [0.5, 0.6) is 0 Å². The molecule has 1 aliphatic rings. The highest BCUT2D eigenvalue weighted by Crippen LogP contribution is 2.13. The summed E-state index contributed by atoms with van der Waals surface area (Å²) in [5.41, 5.74) is 4.57. The van der Waals surface area contributed by atoms with E-state index in [-0.39, 0.29) is 18.4 Å². The van der Waals surface area contributed by atoms with Crippen LogP contribution in [-0.4, -0.2) is 72.8 Å². The van der Waals surface area contributed by atoms with E-state index in [2.05, 4.69) is 46.3 Å². The van der Waals surface area contributed by atoms with E-state index in [1.54, 1.807) is 7.05 Å². The first-order valence-electron chi connectivity index (χ1n) is 10.5. The average molecular weight is 409 g/mol. The van der Waals surface area contributed by atoms with Gasteiger partial charge in [-0.3, -0.25) is 19.4 Å². The number of anilines is 1. The van der Waals surface area contributed by atoms with Crippen LogP contribution in [0.4, 0.5) is 5.69 Å². The highest BCUT2D eigenvalue weighted by Gasteiger charge is 2.21. The van der Waals surface area contributed by atoms with Gasteiger partial charge in [-0.15, -0.1) is 0 Å². The van der Waals surface area contributed by atoms with E-state index < -0.39 is 0 Å². The molecule has 6 nitrogen and oxygen atoms in total. The molecular formula is C24H32N4O2. The number of likely N-dealkylation sites (N-methyl/N-ethyl adjacent to an activating group) is 1. The first-order valence-corrected chi connectivity index (χ1v) is 10.5. The molecule has 2 aromatic rings. The van der Waals surface area contributed by atoms with Crippen LogP contribution < -0.4 is 5.32 Å². The number of nitrogens with zero attached hydrogens (tertiary/aromatic N) is 3. The highest BCUT2D eigenvalue weighted by atomic mass is 16.2. The van der Waals surface area contributed by atoms with Crippen molar-refractivity contribution in [2.75, 3.05) is 51.6 Å². The average Bonchev–Trinajstić information content (AvgIpc) is 2.72. The lowest BCUT2D eigenvalue weighted by Gasteiger charge is -2.35. The van der Waals surface area contributed by atoms with Crippen molar-refractivity contribution in [3.05, 3.63) is 65.2 Å². The second-order valence-electron chi connectivity index (χ2n) is 8.14. The summed E-state index contributed by atoms with van der Waals surface area (Å²) in [5.74, 6) is -0.209. The van der Waals surface area contributed by atoms with E-state index >= 15 is 0 Å². The van der Waals surface area contributed by atoms with Gasteiger partial charge < -0.3 is 10.2 Å². The van der Waals surface area contributed by atoms with Crippen LogP contribution in [0.1, 0.15) is 16.7 Å². The van der Waals surface area contributed by atoms with E-state index in [0.29, 0.717) is 6.54 Å². The Labute approximate surface area is 179 Å². The van der Waals surface area contributed by atoms with Crippen LogP contribution in [0.3, 0.4) is 0 Å². The number of piperazine rings is 1. The fourth-order valence-electron chi connectivity index (χ4n) is 3.59. The van der Waals surface area contributed by atoms with Gasteiger partial charge >= 0.3 is 0 Å². The largest absolute Gasteiger partial charge is 0.335 e. The van der Waals surface area contributed by atoms with Crippen molar-refractivity contribution < 1.29 is 9.59 Å². The van der Waals surface area contributed by atoms with E-state index in [1.165, 1.54) is 16.0 Å². The Morgan fingerprint density at radius 1 is 0.933 bits per heavy atom. The molecule has 0 spiro atoms.